The van der Waals surface area contributed by atoms with Gasteiger partial charge in [0, 0.05) is 12.3 Å². The van der Waals surface area contributed by atoms with Gasteiger partial charge in [0.05, 0.1) is 0 Å². The van der Waals surface area contributed by atoms with Gasteiger partial charge in [0.25, 0.3) is 0 Å². The van der Waals surface area contributed by atoms with Gasteiger partial charge in [-0.3, -0.25) is 4.55 Å². The lowest BCUT2D eigenvalue weighted by atomic mass is 10.1. The van der Waals surface area contributed by atoms with E-state index in [1.165, 1.54) is 32.1 Å². The van der Waals surface area contributed by atoms with Crippen molar-refractivity contribution in [2.45, 2.75) is 45.4 Å². The molecule has 0 saturated heterocycles. The quantitative estimate of drug-likeness (QED) is 0.343. The molecule has 0 amide bonds. The molecule has 0 aromatic heterocycles. The average molecular weight is 269 g/mol. The smallest absolute Gasteiger partial charge is 0.316 e. The Kier molecular flexibility index (Phi) is 10.5. The molecule has 0 aliphatic carbocycles. The first kappa shape index (κ1) is 16.2. The van der Waals surface area contributed by atoms with Crippen LogP contribution in [-0.2, 0) is 9.15 Å². The summed E-state index contributed by atoms with van der Waals surface area (Å²) < 4.78 is 29.2. The Bertz CT molecular complexity index is 242. The highest BCUT2D eigenvalue weighted by Gasteiger charge is 2.03. The summed E-state index contributed by atoms with van der Waals surface area (Å²) in [6.45, 7) is 3.76. The van der Waals surface area contributed by atoms with Gasteiger partial charge >= 0.3 is 9.15 Å². The second kappa shape index (κ2) is 10.4. The Labute approximate surface area is 103 Å². The molecule has 0 spiro atoms. The van der Waals surface area contributed by atoms with Crippen molar-refractivity contribution in [2.75, 3.05) is 18.8 Å². The monoisotopic (exact) mass is 269 g/mol. The van der Waals surface area contributed by atoms with Gasteiger partial charge in [0.15, 0.2) is 0 Å². The van der Waals surface area contributed by atoms with Crippen LogP contribution in [0.25, 0.3) is 0 Å². The predicted octanol–water partition coefficient (Wildman–Crippen LogP) is 2.47. The van der Waals surface area contributed by atoms with Crippen LogP contribution in [0.2, 0.25) is 0 Å². The van der Waals surface area contributed by atoms with E-state index in [0.717, 1.165) is 13.0 Å². The maximum Gasteiger partial charge on any atom is 0.319 e. The Morgan fingerprint density at radius 1 is 1.06 bits per heavy atom. The molecule has 0 saturated carbocycles. The zero-order chi connectivity index (χ0) is 12.3. The zero-order valence-corrected chi connectivity index (χ0v) is 11.6. The first-order valence-corrected chi connectivity index (χ1v) is 8.83. The third-order valence-electron chi connectivity index (χ3n) is 2.22. The van der Waals surface area contributed by atoms with E-state index in [0.29, 0.717) is 23.1 Å². The minimum absolute atomic E-state index is 0.397. The molecule has 6 heteroatoms. The summed E-state index contributed by atoms with van der Waals surface area (Å²) in [5.74, 6) is 0.397. The first-order chi connectivity index (χ1) is 7.56. The van der Waals surface area contributed by atoms with Crippen molar-refractivity contribution >= 4 is 19.9 Å². The van der Waals surface area contributed by atoms with Crippen LogP contribution in [-0.4, -0.2) is 31.8 Å². The fourth-order valence-corrected chi connectivity index (χ4v) is 2.69. The van der Waals surface area contributed by atoms with E-state index in [-0.39, 0.29) is 0 Å². The molecule has 16 heavy (non-hydrogen) atoms. The molecule has 2 N–H and O–H groups in total. The SMILES string of the molecule is CCCCCCCCNCCSS(=O)(=O)O. The summed E-state index contributed by atoms with van der Waals surface area (Å²) in [5, 5.41) is 3.15. The normalized spacial score (nSPS) is 11.9. The topological polar surface area (TPSA) is 66.4 Å². The average Bonchev–Trinajstić information content (AvgIpc) is 2.19. The van der Waals surface area contributed by atoms with Crippen LogP contribution in [0.4, 0.5) is 0 Å². The molecule has 0 atom stereocenters. The van der Waals surface area contributed by atoms with Crippen LogP contribution in [0.1, 0.15) is 45.4 Å². The minimum Gasteiger partial charge on any atom is -0.316 e. The van der Waals surface area contributed by atoms with Crippen LogP contribution < -0.4 is 5.32 Å². The van der Waals surface area contributed by atoms with Gasteiger partial charge in [-0.25, -0.2) is 0 Å². The van der Waals surface area contributed by atoms with Crippen molar-refractivity contribution in [3.63, 3.8) is 0 Å². The van der Waals surface area contributed by atoms with Gasteiger partial charge in [-0.2, -0.15) is 8.42 Å². The number of rotatable bonds is 11. The Balaban J connectivity index is 3.05. The molecule has 4 nitrogen and oxygen atoms in total. The largest absolute Gasteiger partial charge is 0.319 e. The number of hydrogen-bond acceptors (Lipinski definition) is 4. The van der Waals surface area contributed by atoms with Crippen molar-refractivity contribution in [1.82, 2.24) is 5.32 Å². The van der Waals surface area contributed by atoms with Crippen LogP contribution >= 0.6 is 10.8 Å². The fraction of sp³-hybridized carbons (Fsp3) is 1.00. The lowest BCUT2D eigenvalue weighted by Crippen LogP contribution is -2.18. The van der Waals surface area contributed by atoms with Crippen molar-refractivity contribution in [3.8, 4) is 0 Å². The molecular formula is C10H23NO3S2. The van der Waals surface area contributed by atoms with Gasteiger partial charge in [-0.15, -0.1) is 0 Å². The molecule has 98 valence electrons. The van der Waals surface area contributed by atoms with E-state index in [1.54, 1.807) is 0 Å². The molecular weight excluding hydrogens is 246 g/mol. The summed E-state index contributed by atoms with van der Waals surface area (Å²) in [7, 11) is -3.28. The second-order valence-electron chi connectivity index (χ2n) is 3.77. The third kappa shape index (κ3) is 14.2. The summed E-state index contributed by atoms with van der Waals surface area (Å²) in [6, 6.07) is 0. The van der Waals surface area contributed by atoms with Gasteiger partial charge < -0.3 is 5.32 Å². The summed E-state index contributed by atoms with van der Waals surface area (Å²) >= 11 is 0. The van der Waals surface area contributed by atoms with Gasteiger partial charge in [-0.1, -0.05) is 39.0 Å². The van der Waals surface area contributed by atoms with Crippen LogP contribution in [0, 0.1) is 0 Å². The standard InChI is InChI=1S/C10H23NO3S2/c1-2-3-4-5-6-7-8-11-9-10-15-16(12,13)14/h11H,2-10H2,1H3,(H,12,13,14). The lowest BCUT2D eigenvalue weighted by Gasteiger charge is -2.03. The highest BCUT2D eigenvalue weighted by atomic mass is 33.1. The number of nitrogens with one attached hydrogen (secondary N) is 1. The van der Waals surface area contributed by atoms with Crippen molar-refractivity contribution in [3.05, 3.63) is 0 Å². The highest BCUT2D eigenvalue weighted by molar-refractivity contribution is 8.69. The summed E-state index contributed by atoms with van der Waals surface area (Å²) in [6.07, 6.45) is 7.56. The molecule has 0 bridgehead atoms. The number of hydrogen-bond donors (Lipinski definition) is 2. The van der Waals surface area contributed by atoms with Gasteiger partial charge in [0.1, 0.15) is 0 Å². The summed E-state index contributed by atoms with van der Waals surface area (Å²) in [5.41, 5.74) is 0. The predicted molar refractivity (Wildman–Crippen MR) is 70.3 cm³/mol. The van der Waals surface area contributed by atoms with Crippen LogP contribution in [0.5, 0.6) is 0 Å². The molecule has 0 heterocycles. The summed E-state index contributed by atoms with van der Waals surface area (Å²) in [4.78, 5) is 0. The highest BCUT2D eigenvalue weighted by Crippen LogP contribution is 2.07. The van der Waals surface area contributed by atoms with Crippen molar-refractivity contribution in [2.24, 2.45) is 0 Å². The maximum absolute atomic E-state index is 10.4. The Morgan fingerprint density at radius 2 is 1.69 bits per heavy atom. The molecule has 0 aliphatic heterocycles. The molecule has 0 aromatic carbocycles. The Hall–Kier alpha value is 0.220. The second-order valence-corrected chi connectivity index (χ2v) is 7.24. The molecule has 0 fully saturated rings. The van der Waals surface area contributed by atoms with E-state index < -0.39 is 9.15 Å². The first-order valence-electron chi connectivity index (χ1n) is 5.89. The van der Waals surface area contributed by atoms with Gasteiger partial charge in [0.2, 0.25) is 0 Å². The zero-order valence-electron chi connectivity index (χ0n) is 9.94. The minimum atomic E-state index is -3.86. The third-order valence-corrected chi connectivity index (χ3v) is 4.28. The van der Waals surface area contributed by atoms with E-state index in [9.17, 15) is 8.42 Å². The number of unbranched alkanes of at least 4 members (excludes halogenated alkanes) is 5. The van der Waals surface area contributed by atoms with Crippen LogP contribution in [0.15, 0.2) is 0 Å². The molecule has 0 unspecified atom stereocenters. The van der Waals surface area contributed by atoms with E-state index >= 15 is 0 Å². The van der Waals surface area contributed by atoms with E-state index in [2.05, 4.69) is 12.2 Å². The molecule has 0 radical (unpaired) electrons. The molecule has 0 rings (SSSR count). The molecule has 0 aliphatic rings. The van der Waals surface area contributed by atoms with Gasteiger partial charge in [-0.05, 0) is 23.8 Å². The van der Waals surface area contributed by atoms with Crippen molar-refractivity contribution in [1.29, 1.82) is 0 Å². The van der Waals surface area contributed by atoms with Crippen LogP contribution in [0.3, 0.4) is 0 Å². The van der Waals surface area contributed by atoms with E-state index in [4.69, 9.17) is 4.55 Å². The van der Waals surface area contributed by atoms with E-state index in [1.807, 2.05) is 0 Å². The Morgan fingerprint density at radius 3 is 2.31 bits per heavy atom. The maximum atomic E-state index is 10.4. The molecule has 0 aromatic rings. The fourth-order valence-electron chi connectivity index (χ4n) is 1.37. The van der Waals surface area contributed by atoms with Crippen molar-refractivity contribution < 1.29 is 13.0 Å². The lowest BCUT2D eigenvalue weighted by molar-refractivity contribution is 0.503.